The number of nitrogens with zero attached hydrogens (tertiary/aromatic N) is 1. The van der Waals surface area contributed by atoms with E-state index in [0.29, 0.717) is 48.4 Å². The maximum absolute atomic E-state index is 12.4. The Bertz CT molecular complexity index is 959. The predicted molar refractivity (Wildman–Crippen MR) is 117 cm³/mol. The molecule has 0 spiro atoms. The highest BCUT2D eigenvalue weighted by atomic mass is 32.2. The summed E-state index contributed by atoms with van der Waals surface area (Å²) in [6.07, 6.45) is 1.91. The van der Waals surface area contributed by atoms with Gasteiger partial charge in [-0.2, -0.15) is 0 Å². The van der Waals surface area contributed by atoms with E-state index in [1.54, 1.807) is 12.1 Å². The van der Waals surface area contributed by atoms with Crippen molar-refractivity contribution in [2.24, 2.45) is 5.14 Å². The Balaban J connectivity index is 2.08. The zero-order valence-electron chi connectivity index (χ0n) is 16.3. The average molecular weight is 436 g/mol. The summed E-state index contributed by atoms with van der Waals surface area (Å²) >= 11 is 5.57. The van der Waals surface area contributed by atoms with Crippen molar-refractivity contribution in [2.75, 3.05) is 31.7 Å². The van der Waals surface area contributed by atoms with E-state index in [4.69, 9.17) is 26.8 Å². The topological polar surface area (TPSA) is 93.9 Å². The van der Waals surface area contributed by atoms with E-state index in [-0.39, 0.29) is 10.6 Å². The molecule has 7 nitrogen and oxygen atoms in total. The quantitative estimate of drug-likeness (QED) is 0.485. The Kier molecular flexibility index (Phi) is 7.07. The summed E-state index contributed by atoms with van der Waals surface area (Å²) in [5.41, 5.74) is 1.11. The molecule has 3 N–H and O–H groups in total. The average Bonchev–Trinajstić information content (AvgIpc) is 3.23. The van der Waals surface area contributed by atoms with Crippen LogP contribution in [0.4, 0.5) is 5.69 Å². The van der Waals surface area contributed by atoms with E-state index < -0.39 is 10.0 Å². The summed E-state index contributed by atoms with van der Waals surface area (Å²) < 4.78 is 36.1. The summed E-state index contributed by atoms with van der Waals surface area (Å²) in [5.74, 6) is 0.679. The van der Waals surface area contributed by atoms with Gasteiger partial charge in [0.25, 0.3) is 0 Å². The molecule has 0 amide bonds. The van der Waals surface area contributed by atoms with Gasteiger partial charge in [-0.15, -0.1) is 0 Å². The Morgan fingerprint density at radius 3 is 2.69 bits per heavy atom. The van der Waals surface area contributed by atoms with E-state index in [1.165, 1.54) is 6.07 Å². The molecule has 0 saturated carbocycles. The minimum atomic E-state index is -4.06. The largest absolute Gasteiger partial charge is 0.454 e. The van der Waals surface area contributed by atoms with Crippen molar-refractivity contribution in [3.05, 3.63) is 48.0 Å². The molecule has 2 aromatic carbocycles. The standard InChI is InChI=1S/C20H25N3O4S2/c1-2-3-9-22-17-12-15(20(28)23-10-11-26-14-23)13-18(29(21,24)25)19(17)27-16-7-5-4-6-8-16/h4-8,12-13,22H,2-3,9-11,14H2,1H3,(H2,21,24,25). The molecule has 0 unspecified atom stereocenters. The van der Waals surface area contributed by atoms with E-state index in [1.807, 2.05) is 29.2 Å². The summed E-state index contributed by atoms with van der Waals surface area (Å²) in [4.78, 5) is 2.28. The number of benzene rings is 2. The fourth-order valence-electron chi connectivity index (χ4n) is 2.94. The molecule has 1 aliphatic heterocycles. The third-order valence-corrected chi connectivity index (χ3v) is 5.87. The van der Waals surface area contributed by atoms with Gasteiger partial charge in [-0.3, -0.25) is 0 Å². The predicted octanol–water partition coefficient (Wildman–Crippen LogP) is 3.30. The maximum atomic E-state index is 12.4. The van der Waals surface area contributed by atoms with E-state index in [2.05, 4.69) is 12.2 Å². The van der Waals surface area contributed by atoms with Crippen molar-refractivity contribution in [1.82, 2.24) is 4.90 Å². The van der Waals surface area contributed by atoms with Gasteiger partial charge in [-0.05, 0) is 30.7 Å². The second-order valence-electron chi connectivity index (χ2n) is 6.70. The lowest BCUT2D eigenvalue weighted by molar-refractivity contribution is 0.170. The van der Waals surface area contributed by atoms with Crippen molar-refractivity contribution in [2.45, 2.75) is 24.7 Å². The minimum Gasteiger partial charge on any atom is -0.454 e. The number of hydrogen-bond acceptors (Lipinski definition) is 6. The molecular weight excluding hydrogens is 410 g/mol. The third kappa shape index (κ3) is 5.45. The minimum absolute atomic E-state index is 0.111. The number of ether oxygens (including phenoxy) is 2. The monoisotopic (exact) mass is 435 g/mol. The van der Waals surface area contributed by atoms with Crippen LogP contribution in [0.25, 0.3) is 0 Å². The number of rotatable bonds is 8. The lowest BCUT2D eigenvalue weighted by Crippen LogP contribution is -2.28. The zero-order valence-corrected chi connectivity index (χ0v) is 17.9. The summed E-state index contributed by atoms with van der Waals surface area (Å²) in [6, 6.07) is 12.3. The Hall–Kier alpha value is -2.20. The molecule has 1 aliphatic rings. The lowest BCUT2D eigenvalue weighted by Gasteiger charge is -2.21. The number of anilines is 1. The van der Waals surface area contributed by atoms with Crippen molar-refractivity contribution >= 4 is 32.9 Å². The normalized spacial score (nSPS) is 14.1. The van der Waals surface area contributed by atoms with Crippen LogP contribution in [0.2, 0.25) is 0 Å². The summed E-state index contributed by atoms with van der Waals surface area (Å²) in [7, 11) is -4.06. The lowest BCUT2D eigenvalue weighted by atomic mass is 10.1. The van der Waals surface area contributed by atoms with Crippen LogP contribution in [0.5, 0.6) is 11.5 Å². The maximum Gasteiger partial charge on any atom is 0.241 e. The van der Waals surface area contributed by atoms with Gasteiger partial charge in [0.1, 0.15) is 22.4 Å². The Morgan fingerprint density at radius 2 is 2.07 bits per heavy atom. The molecule has 156 valence electrons. The fraction of sp³-hybridized carbons (Fsp3) is 0.350. The smallest absolute Gasteiger partial charge is 0.241 e. The van der Waals surface area contributed by atoms with Crippen LogP contribution in [0.3, 0.4) is 0 Å². The molecule has 2 aromatic rings. The first-order valence-electron chi connectivity index (χ1n) is 9.44. The third-order valence-electron chi connectivity index (χ3n) is 4.46. The number of para-hydroxylation sites is 1. The SMILES string of the molecule is CCCCNc1cc(C(=S)N2CCOC2)cc(S(N)(=O)=O)c1Oc1ccccc1. The molecule has 0 bridgehead atoms. The van der Waals surface area contributed by atoms with E-state index in [0.717, 1.165) is 12.8 Å². The first-order valence-corrected chi connectivity index (χ1v) is 11.4. The molecule has 29 heavy (non-hydrogen) atoms. The van der Waals surface area contributed by atoms with Gasteiger partial charge in [-0.25, -0.2) is 13.6 Å². The van der Waals surface area contributed by atoms with Crippen LogP contribution >= 0.6 is 12.2 Å². The molecule has 0 radical (unpaired) electrons. The Morgan fingerprint density at radius 1 is 1.31 bits per heavy atom. The van der Waals surface area contributed by atoms with Gasteiger partial charge in [0.15, 0.2) is 5.75 Å². The molecule has 1 fully saturated rings. The number of hydrogen-bond donors (Lipinski definition) is 2. The highest BCUT2D eigenvalue weighted by Crippen LogP contribution is 2.37. The molecular formula is C20H25N3O4S2. The van der Waals surface area contributed by atoms with Gasteiger partial charge < -0.3 is 19.7 Å². The molecule has 9 heteroatoms. The highest BCUT2D eigenvalue weighted by molar-refractivity contribution is 7.89. The van der Waals surface area contributed by atoms with Crippen LogP contribution in [0.1, 0.15) is 25.3 Å². The zero-order chi connectivity index (χ0) is 20.9. The second-order valence-corrected chi connectivity index (χ2v) is 8.61. The second kappa shape index (κ2) is 9.53. The van der Waals surface area contributed by atoms with Gasteiger partial charge in [0.2, 0.25) is 10.0 Å². The molecule has 0 atom stereocenters. The number of nitrogens with two attached hydrogens (primary N) is 1. The van der Waals surface area contributed by atoms with Crippen molar-refractivity contribution in [3.8, 4) is 11.5 Å². The summed E-state index contributed by atoms with van der Waals surface area (Å²) in [6.45, 7) is 4.36. The van der Waals surface area contributed by atoms with Crippen LogP contribution in [-0.2, 0) is 14.8 Å². The molecule has 0 aliphatic carbocycles. The van der Waals surface area contributed by atoms with Crippen molar-refractivity contribution < 1.29 is 17.9 Å². The van der Waals surface area contributed by atoms with Crippen LogP contribution in [0.15, 0.2) is 47.4 Å². The van der Waals surface area contributed by atoms with Crippen LogP contribution in [0, 0.1) is 0 Å². The first kappa shape index (κ1) is 21.5. The van der Waals surface area contributed by atoms with Gasteiger partial charge >= 0.3 is 0 Å². The van der Waals surface area contributed by atoms with Crippen LogP contribution in [-0.4, -0.2) is 44.7 Å². The van der Waals surface area contributed by atoms with E-state index in [9.17, 15) is 8.42 Å². The molecule has 1 saturated heterocycles. The Labute approximate surface area is 176 Å². The number of nitrogens with one attached hydrogen (secondary N) is 1. The number of unbranched alkanes of at least 4 members (excludes halogenated alkanes) is 1. The summed E-state index contributed by atoms with van der Waals surface area (Å²) in [5, 5.41) is 8.82. The van der Waals surface area contributed by atoms with Crippen molar-refractivity contribution in [3.63, 3.8) is 0 Å². The van der Waals surface area contributed by atoms with E-state index >= 15 is 0 Å². The molecule has 0 aromatic heterocycles. The number of sulfonamides is 1. The van der Waals surface area contributed by atoms with Crippen molar-refractivity contribution in [1.29, 1.82) is 0 Å². The number of thiocarbonyl (C=S) groups is 1. The molecule has 3 rings (SSSR count). The van der Waals surface area contributed by atoms with Crippen LogP contribution < -0.4 is 15.2 Å². The van der Waals surface area contributed by atoms with Gasteiger partial charge in [-0.1, -0.05) is 43.8 Å². The number of primary sulfonamides is 1. The fourth-order valence-corrected chi connectivity index (χ4v) is 3.90. The van der Waals surface area contributed by atoms with Gasteiger partial charge in [0, 0.05) is 18.7 Å². The van der Waals surface area contributed by atoms with Gasteiger partial charge in [0.05, 0.1) is 12.3 Å². The molecule has 1 heterocycles. The highest BCUT2D eigenvalue weighted by Gasteiger charge is 2.25. The first-order chi connectivity index (χ1) is 13.9.